The van der Waals surface area contributed by atoms with Gasteiger partial charge in [-0.15, -0.1) is 0 Å². The van der Waals surface area contributed by atoms with Gasteiger partial charge >= 0.3 is 0 Å². The van der Waals surface area contributed by atoms with E-state index in [1.165, 1.54) is 12.8 Å². The lowest BCUT2D eigenvalue weighted by atomic mass is 10.1. The van der Waals surface area contributed by atoms with E-state index in [9.17, 15) is 8.42 Å². The summed E-state index contributed by atoms with van der Waals surface area (Å²) in [4.78, 5) is 0. The molecule has 19 heavy (non-hydrogen) atoms. The van der Waals surface area contributed by atoms with Gasteiger partial charge in [-0.05, 0) is 37.4 Å². The second-order valence-corrected chi connectivity index (χ2v) is 7.46. The number of rotatable bonds is 7. The summed E-state index contributed by atoms with van der Waals surface area (Å²) in [5, 5.41) is 3.16. The fraction of sp³-hybridized carbons (Fsp3) is 0.714. The molecule has 0 unspecified atom stereocenters. The van der Waals surface area contributed by atoms with Gasteiger partial charge in [-0.25, -0.2) is 8.42 Å². The molecule has 1 aliphatic rings. The van der Waals surface area contributed by atoms with Crippen molar-refractivity contribution in [1.29, 1.82) is 0 Å². The van der Waals surface area contributed by atoms with Gasteiger partial charge in [0.15, 0.2) is 9.84 Å². The van der Waals surface area contributed by atoms with Crippen LogP contribution < -0.4 is 5.32 Å². The predicted octanol–water partition coefficient (Wildman–Crippen LogP) is 2.49. The van der Waals surface area contributed by atoms with E-state index >= 15 is 0 Å². The average molecular weight is 285 g/mol. The van der Waals surface area contributed by atoms with Crippen molar-refractivity contribution in [3.05, 3.63) is 23.7 Å². The summed E-state index contributed by atoms with van der Waals surface area (Å²) < 4.78 is 29.8. The molecular weight excluding hydrogens is 262 g/mol. The van der Waals surface area contributed by atoms with Gasteiger partial charge in [-0.3, -0.25) is 0 Å². The van der Waals surface area contributed by atoms with Crippen molar-refractivity contribution in [2.75, 3.05) is 12.3 Å². The highest BCUT2D eigenvalue weighted by molar-refractivity contribution is 7.90. The van der Waals surface area contributed by atoms with Crippen molar-refractivity contribution in [1.82, 2.24) is 5.32 Å². The Bertz CT molecular complexity index is 487. The molecule has 0 bridgehead atoms. The zero-order chi connectivity index (χ0) is 13.7. The van der Waals surface area contributed by atoms with Crippen molar-refractivity contribution >= 4 is 9.84 Å². The molecule has 108 valence electrons. The lowest BCUT2D eigenvalue weighted by Gasteiger charge is -2.08. The third kappa shape index (κ3) is 4.66. The molecule has 4 nitrogen and oxygen atoms in total. The second-order valence-electron chi connectivity index (χ2n) is 5.35. The number of nitrogens with one attached hydrogen (secondary N) is 1. The van der Waals surface area contributed by atoms with Crippen LogP contribution in [0.1, 0.15) is 44.1 Å². The molecule has 1 N–H and O–H groups in total. The molecule has 0 saturated heterocycles. The van der Waals surface area contributed by atoms with Crippen LogP contribution in [0.15, 0.2) is 16.5 Å². The van der Waals surface area contributed by atoms with Crippen LogP contribution in [0.3, 0.4) is 0 Å². The third-order valence-electron chi connectivity index (χ3n) is 3.59. The SMILES string of the molecule is CCNCc1ccc(CS(=O)(=O)CC2CCCC2)o1. The summed E-state index contributed by atoms with van der Waals surface area (Å²) in [6.07, 6.45) is 4.47. The number of furan rings is 1. The van der Waals surface area contributed by atoms with Gasteiger partial charge in [0.25, 0.3) is 0 Å². The Morgan fingerprint density at radius 1 is 1.26 bits per heavy atom. The first-order valence-electron chi connectivity index (χ1n) is 7.08. The summed E-state index contributed by atoms with van der Waals surface area (Å²) in [5.41, 5.74) is 0. The van der Waals surface area contributed by atoms with E-state index in [2.05, 4.69) is 5.32 Å². The molecule has 0 radical (unpaired) electrons. The fourth-order valence-corrected chi connectivity index (χ4v) is 4.41. The minimum absolute atomic E-state index is 0.0373. The highest BCUT2D eigenvalue weighted by atomic mass is 32.2. The molecule has 5 heteroatoms. The number of hydrogen-bond donors (Lipinski definition) is 1. The van der Waals surface area contributed by atoms with Crippen LogP contribution in [0.25, 0.3) is 0 Å². The van der Waals surface area contributed by atoms with Crippen molar-refractivity contribution in [3.8, 4) is 0 Å². The third-order valence-corrected chi connectivity index (χ3v) is 5.30. The highest BCUT2D eigenvalue weighted by Crippen LogP contribution is 2.27. The zero-order valence-corrected chi connectivity index (χ0v) is 12.3. The Hall–Kier alpha value is -0.810. The minimum atomic E-state index is -3.04. The monoisotopic (exact) mass is 285 g/mol. The van der Waals surface area contributed by atoms with Crippen LogP contribution in [-0.4, -0.2) is 20.7 Å². The van der Waals surface area contributed by atoms with Gasteiger partial charge in [-0.2, -0.15) is 0 Å². The van der Waals surface area contributed by atoms with E-state index in [0.29, 0.717) is 24.0 Å². The topological polar surface area (TPSA) is 59.3 Å². The quantitative estimate of drug-likeness (QED) is 0.836. The van der Waals surface area contributed by atoms with E-state index in [1.807, 2.05) is 13.0 Å². The lowest BCUT2D eigenvalue weighted by Crippen LogP contribution is -2.15. The van der Waals surface area contributed by atoms with Gasteiger partial charge in [0, 0.05) is 0 Å². The Labute approximate surface area is 115 Å². The first-order chi connectivity index (χ1) is 9.09. The summed E-state index contributed by atoms with van der Waals surface area (Å²) in [6.45, 7) is 3.55. The summed E-state index contributed by atoms with van der Waals surface area (Å²) in [5.74, 6) is 2.08. The van der Waals surface area contributed by atoms with Crippen LogP contribution in [0.4, 0.5) is 0 Å². The Kier molecular flexibility index (Phi) is 5.05. The molecule has 0 spiro atoms. The molecule has 1 aromatic rings. The van der Waals surface area contributed by atoms with Crippen LogP contribution in [0, 0.1) is 5.92 Å². The van der Waals surface area contributed by atoms with Crippen LogP contribution in [0.2, 0.25) is 0 Å². The van der Waals surface area contributed by atoms with E-state index in [1.54, 1.807) is 6.07 Å². The van der Waals surface area contributed by atoms with E-state index in [-0.39, 0.29) is 5.75 Å². The zero-order valence-electron chi connectivity index (χ0n) is 11.5. The molecule has 1 saturated carbocycles. The van der Waals surface area contributed by atoms with Crippen LogP contribution >= 0.6 is 0 Å². The van der Waals surface area contributed by atoms with Crippen molar-refractivity contribution in [2.24, 2.45) is 5.92 Å². The maximum atomic E-state index is 12.1. The number of hydrogen-bond acceptors (Lipinski definition) is 4. The van der Waals surface area contributed by atoms with Crippen LogP contribution in [-0.2, 0) is 22.1 Å². The largest absolute Gasteiger partial charge is 0.464 e. The van der Waals surface area contributed by atoms with E-state index < -0.39 is 9.84 Å². The Morgan fingerprint density at radius 2 is 1.95 bits per heavy atom. The van der Waals surface area contributed by atoms with Crippen molar-refractivity contribution < 1.29 is 12.8 Å². The molecule has 0 amide bonds. The Morgan fingerprint density at radius 3 is 2.63 bits per heavy atom. The van der Waals surface area contributed by atoms with Gasteiger partial charge in [-0.1, -0.05) is 19.8 Å². The first kappa shape index (κ1) is 14.6. The predicted molar refractivity (Wildman–Crippen MR) is 75.5 cm³/mol. The molecule has 1 fully saturated rings. The molecule has 1 aromatic heterocycles. The standard InChI is InChI=1S/C14H23NO3S/c1-2-15-9-13-7-8-14(18-13)11-19(16,17)10-12-5-3-4-6-12/h7-8,12,15H,2-6,9-11H2,1H3. The maximum absolute atomic E-state index is 12.1. The normalized spacial score (nSPS) is 17.1. The molecule has 0 aromatic carbocycles. The molecule has 1 aliphatic carbocycles. The van der Waals surface area contributed by atoms with Crippen LogP contribution in [0.5, 0.6) is 0 Å². The smallest absolute Gasteiger partial charge is 0.157 e. The average Bonchev–Trinajstić information content (AvgIpc) is 2.97. The molecule has 0 atom stereocenters. The molecule has 2 rings (SSSR count). The fourth-order valence-electron chi connectivity index (χ4n) is 2.65. The van der Waals surface area contributed by atoms with Crippen molar-refractivity contribution in [2.45, 2.75) is 44.9 Å². The van der Waals surface area contributed by atoms with Crippen molar-refractivity contribution in [3.63, 3.8) is 0 Å². The van der Waals surface area contributed by atoms with E-state index in [4.69, 9.17) is 4.42 Å². The summed E-state index contributed by atoms with van der Waals surface area (Å²) >= 11 is 0. The van der Waals surface area contributed by atoms with Gasteiger partial charge in [0.1, 0.15) is 17.3 Å². The molecule has 1 heterocycles. The summed E-state index contributed by atoms with van der Waals surface area (Å²) in [7, 11) is -3.04. The molecular formula is C14H23NO3S. The Balaban J connectivity index is 1.89. The van der Waals surface area contributed by atoms with E-state index in [0.717, 1.165) is 25.1 Å². The summed E-state index contributed by atoms with van der Waals surface area (Å²) in [6, 6.07) is 3.63. The second kappa shape index (κ2) is 6.57. The van der Waals surface area contributed by atoms with Gasteiger partial charge in [0.05, 0.1) is 12.3 Å². The minimum Gasteiger partial charge on any atom is -0.464 e. The van der Waals surface area contributed by atoms with Gasteiger partial charge in [0.2, 0.25) is 0 Å². The molecule has 0 aliphatic heterocycles. The first-order valence-corrected chi connectivity index (χ1v) is 8.90. The highest BCUT2D eigenvalue weighted by Gasteiger charge is 2.23. The lowest BCUT2D eigenvalue weighted by molar-refractivity contribution is 0.458. The van der Waals surface area contributed by atoms with Gasteiger partial charge < -0.3 is 9.73 Å². The number of sulfone groups is 1. The maximum Gasteiger partial charge on any atom is 0.157 e.